The fourth-order valence-corrected chi connectivity index (χ4v) is 4.57. The summed E-state index contributed by atoms with van der Waals surface area (Å²) in [6, 6.07) is 12.7. The minimum absolute atomic E-state index is 0.314. The molecule has 1 unspecified atom stereocenters. The van der Waals surface area contributed by atoms with E-state index in [0.717, 1.165) is 10.5 Å². The molecule has 6 heteroatoms. The third-order valence-corrected chi connectivity index (χ3v) is 6.14. The third-order valence-electron chi connectivity index (χ3n) is 4.69. The standard InChI is InChI=1S/C20H21F2NO2S/c1-19(2,22)13-3-5-14(6-4-13)20(11-17(18(24)25)23-12-20)26-16-9-7-15(21)8-10-16/h3-10,17,23H,11-12H2,1-2H3,(H,24,25)/t17-,20?/m0/s1. The fourth-order valence-electron chi connectivity index (χ4n) is 3.19. The molecule has 138 valence electrons. The molecule has 2 aromatic carbocycles. The minimum atomic E-state index is -1.44. The number of thioether (sulfide) groups is 1. The Hall–Kier alpha value is -1.92. The van der Waals surface area contributed by atoms with Crippen LogP contribution >= 0.6 is 11.8 Å². The highest BCUT2D eigenvalue weighted by atomic mass is 32.2. The molecule has 1 fully saturated rings. The highest BCUT2D eigenvalue weighted by Gasteiger charge is 2.44. The Morgan fingerprint density at radius 3 is 2.31 bits per heavy atom. The van der Waals surface area contributed by atoms with Crippen molar-refractivity contribution in [2.45, 2.75) is 41.6 Å². The number of hydrogen-bond acceptors (Lipinski definition) is 3. The first-order chi connectivity index (χ1) is 12.2. The first kappa shape index (κ1) is 18.9. The molecule has 1 aliphatic heterocycles. The van der Waals surface area contributed by atoms with Gasteiger partial charge < -0.3 is 10.4 Å². The Morgan fingerprint density at radius 2 is 1.81 bits per heavy atom. The van der Waals surface area contributed by atoms with E-state index < -0.39 is 22.4 Å². The molecule has 26 heavy (non-hydrogen) atoms. The number of halogens is 2. The van der Waals surface area contributed by atoms with Gasteiger partial charge in [-0.05, 0) is 55.7 Å². The predicted molar refractivity (Wildman–Crippen MR) is 98.6 cm³/mol. The molecule has 3 nitrogen and oxygen atoms in total. The second kappa shape index (κ2) is 7.00. The summed E-state index contributed by atoms with van der Waals surface area (Å²) >= 11 is 1.51. The lowest BCUT2D eigenvalue weighted by molar-refractivity contribution is -0.139. The molecule has 0 bridgehead atoms. The molecular formula is C20H21F2NO2S. The third kappa shape index (κ3) is 3.91. The average molecular weight is 377 g/mol. The lowest BCUT2D eigenvalue weighted by Gasteiger charge is -2.29. The van der Waals surface area contributed by atoms with Gasteiger partial charge in [-0.1, -0.05) is 24.3 Å². The van der Waals surface area contributed by atoms with E-state index >= 15 is 0 Å². The van der Waals surface area contributed by atoms with Crippen LogP contribution in [-0.4, -0.2) is 23.7 Å². The maximum Gasteiger partial charge on any atom is 0.320 e. The van der Waals surface area contributed by atoms with E-state index in [9.17, 15) is 18.7 Å². The van der Waals surface area contributed by atoms with E-state index in [4.69, 9.17) is 0 Å². The minimum Gasteiger partial charge on any atom is -0.480 e. The van der Waals surface area contributed by atoms with Crippen LogP contribution in [0.15, 0.2) is 53.4 Å². The van der Waals surface area contributed by atoms with Gasteiger partial charge in [-0.3, -0.25) is 4.79 Å². The number of alkyl halides is 1. The molecule has 1 saturated heterocycles. The Kier molecular flexibility index (Phi) is 5.08. The van der Waals surface area contributed by atoms with Crippen LogP contribution in [0.5, 0.6) is 0 Å². The van der Waals surface area contributed by atoms with Crippen molar-refractivity contribution in [2.24, 2.45) is 0 Å². The average Bonchev–Trinajstić information content (AvgIpc) is 3.02. The summed E-state index contributed by atoms with van der Waals surface area (Å²) in [5, 5.41) is 12.4. The van der Waals surface area contributed by atoms with Crippen molar-refractivity contribution in [3.8, 4) is 0 Å². The monoisotopic (exact) mass is 377 g/mol. The predicted octanol–water partition coefficient (Wildman–Crippen LogP) is 4.46. The van der Waals surface area contributed by atoms with Crippen LogP contribution in [0.4, 0.5) is 8.78 Å². The van der Waals surface area contributed by atoms with Gasteiger partial charge in [-0.2, -0.15) is 0 Å². The van der Waals surface area contributed by atoms with Gasteiger partial charge in [0.1, 0.15) is 17.5 Å². The lowest BCUT2D eigenvalue weighted by Crippen LogP contribution is -2.30. The first-order valence-electron chi connectivity index (χ1n) is 8.40. The van der Waals surface area contributed by atoms with Crippen LogP contribution in [0.3, 0.4) is 0 Å². The zero-order valence-corrected chi connectivity index (χ0v) is 15.4. The SMILES string of the molecule is CC(C)(F)c1ccc(C2(Sc3ccc(F)cc3)CN[C@H](C(=O)O)C2)cc1. The molecule has 1 aliphatic rings. The largest absolute Gasteiger partial charge is 0.480 e. The van der Waals surface area contributed by atoms with Crippen molar-refractivity contribution >= 4 is 17.7 Å². The molecule has 0 aromatic heterocycles. The second-order valence-electron chi connectivity index (χ2n) is 7.08. The van der Waals surface area contributed by atoms with Crippen molar-refractivity contribution < 1.29 is 18.7 Å². The molecule has 2 atom stereocenters. The number of carbonyl (C=O) groups is 1. The van der Waals surface area contributed by atoms with E-state index in [2.05, 4.69) is 5.32 Å². The van der Waals surface area contributed by atoms with E-state index in [1.165, 1.54) is 37.7 Å². The number of aliphatic carboxylic acids is 1. The van der Waals surface area contributed by atoms with E-state index in [-0.39, 0.29) is 5.82 Å². The topological polar surface area (TPSA) is 49.3 Å². The van der Waals surface area contributed by atoms with Gasteiger partial charge in [0, 0.05) is 11.4 Å². The Bertz CT molecular complexity index is 787. The molecule has 0 spiro atoms. The van der Waals surface area contributed by atoms with E-state index in [1.807, 2.05) is 12.1 Å². The molecule has 2 N–H and O–H groups in total. The summed E-state index contributed by atoms with van der Waals surface area (Å²) in [6.07, 6.45) is 0.392. The Morgan fingerprint density at radius 1 is 1.19 bits per heavy atom. The number of benzene rings is 2. The molecule has 0 saturated carbocycles. The number of hydrogen-bond donors (Lipinski definition) is 2. The van der Waals surface area contributed by atoms with Crippen LogP contribution in [0.2, 0.25) is 0 Å². The Labute approximate surface area is 155 Å². The van der Waals surface area contributed by atoms with E-state index in [0.29, 0.717) is 18.5 Å². The van der Waals surface area contributed by atoms with Crippen LogP contribution in [0.25, 0.3) is 0 Å². The summed E-state index contributed by atoms with van der Waals surface area (Å²) in [6.45, 7) is 3.47. The van der Waals surface area contributed by atoms with Gasteiger partial charge in [0.2, 0.25) is 0 Å². The lowest BCUT2D eigenvalue weighted by atomic mass is 9.91. The van der Waals surface area contributed by atoms with Gasteiger partial charge >= 0.3 is 5.97 Å². The molecule has 0 aliphatic carbocycles. The van der Waals surface area contributed by atoms with E-state index in [1.54, 1.807) is 24.3 Å². The highest BCUT2D eigenvalue weighted by Crippen LogP contribution is 2.47. The van der Waals surface area contributed by atoms with Crippen molar-refractivity contribution in [1.82, 2.24) is 5.32 Å². The molecule has 0 radical (unpaired) electrons. The van der Waals surface area contributed by atoms with Crippen molar-refractivity contribution in [2.75, 3.05) is 6.54 Å². The van der Waals surface area contributed by atoms with Crippen LogP contribution in [-0.2, 0) is 15.2 Å². The number of nitrogens with one attached hydrogen (secondary N) is 1. The van der Waals surface area contributed by atoms with Gasteiger partial charge in [0.15, 0.2) is 0 Å². The molecule has 0 amide bonds. The van der Waals surface area contributed by atoms with Crippen molar-refractivity contribution in [1.29, 1.82) is 0 Å². The normalized spacial score (nSPS) is 23.2. The number of rotatable bonds is 5. The summed E-state index contributed by atoms with van der Waals surface area (Å²) in [4.78, 5) is 12.3. The highest BCUT2D eigenvalue weighted by molar-refractivity contribution is 8.00. The maximum atomic E-state index is 14.1. The Balaban J connectivity index is 1.95. The summed E-state index contributed by atoms with van der Waals surface area (Å²) < 4.78 is 26.8. The maximum absolute atomic E-state index is 14.1. The molecular weight excluding hydrogens is 356 g/mol. The zero-order chi connectivity index (χ0) is 18.9. The van der Waals surface area contributed by atoms with Crippen molar-refractivity contribution in [3.63, 3.8) is 0 Å². The quantitative estimate of drug-likeness (QED) is 0.807. The molecule has 2 aromatic rings. The molecule has 1 heterocycles. The van der Waals surface area contributed by atoms with Crippen molar-refractivity contribution in [3.05, 3.63) is 65.5 Å². The molecule has 3 rings (SSSR count). The fraction of sp³-hybridized carbons (Fsp3) is 0.350. The van der Waals surface area contributed by atoms with Crippen LogP contribution in [0, 0.1) is 5.82 Å². The van der Waals surface area contributed by atoms with Crippen LogP contribution < -0.4 is 5.32 Å². The zero-order valence-electron chi connectivity index (χ0n) is 14.6. The van der Waals surface area contributed by atoms with Gasteiger partial charge in [-0.15, -0.1) is 11.8 Å². The summed E-state index contributed by atoms with van der Waals surface area (Å²) in [5.74, 6) is -1.21. The van der Waals surface area contributed by atoms with Gasteiger partial charge in [-0.25, -0.2) is 8.78 Å². The van der Waals surface area contributed by atoms with Crippen LogP contribution in [0.1, 0.15) is 31.4 Å². The number of carboxylic acids is 1. The smallest absolute Gasteiger partial charge is 0.320 e. The van der Waals surface area contributed by atoms with Gasteiger partial charge in [0.05, 0.1) is 4.75 Å². The number of carboxylic acid groups (broad SMARTS) is 1. The van der Waals surface area contributed by atoms with Gasteiger partial charge in [0.25, 0.3) is 0 Å². The summed E-state index contributed by atoms with van der Waals surface area (Å²) in [7, 11) is 0. The second-order valence-corrected chi connectivity index (χ2v) is 8.53. The summed E-state index contributed by atoms with van der Waals surface area (Å²) in [5.41, 5.74) is 0.0628. The first-order valence-corrected chi connectivity index (χ1v) is 9.22.